The Balaban J connectivity index is 2.96. The number of hydrogen-bond acceptors (Lipinski definition) is 0. The second kappa shape index (κ2) is 22.3. The molecule has 1 heteroatoms. The van der Waals surface area contributed by atoms with Gasteiger partial charge in [0.05, 0.1) is 0 Å². The lowest BCUT2D eigenvalue weighted by atomic mass is 10.0. The van der Waals surface area contributed by atoms with Crippen molar-refractivity contribution < 1.29 is 0 Å². The SMILES string of the molecule is CCCCCCCCCCCCCCCCCCCCCC[Si](C)C. The summed E-state index contributed by atoms with van der Waals surface area (Å²) in [5.41, 5.74) is 0. The molecule has 0 aliphatic heterocycles. The lowest BCUT2D eigenvalue weighted by Crippen LogP contribution is -1.97. The quantitative estimate of drug-likeness (QED) is 0.140. The summed E-state index contributed by atoms with van der Waals surface area (Å²) in [6.45, 7) is 7.19. The van der Waals surface area contributed by atoms with E-state index in [0.717, 1.165) is 0 Å². The van der Waals surface area contributed by atoms with Crippen LogP contribution in [0.5, 0.6) is 0 Å². The van der Waals surface area contributed by atoms with Crippen LogP contribution in [0.25, 0.3) is 0 Å². The molecule has 0 aromatic rings. The van der Waals surface area contributed by atoms with Gasteiger partial charge in [-0.05, 0) is 0 Å². The molecule has 0 N–H and O–H groups in total. The van der Waals surface area contributed by atoms with Crippen molar-refractivity contribution >= 4 is 8.80 Å². The Labute approximate surface area is 163 Å². The molecular formula is C24H51Si. The molecular weight excluding hydrogens is 316 g/mol. The van der Waals surface area contributed by atoms with Gasteiger partial charge in [0.15, 0.2) is 0 Å². The first-order chi connectivity index (χ1) is 12.3. The highest BCUT2D eigenvalue weighted by atomic mass is 28.3. The Kier molecular flexibility index (Phi) is 22.5. The van der Waals surface area contributed by atoms with Gasteiger partial charge in [-0.25, -0.2) is 0 Å². The predicted octanol–water partition coefficient (Wildman–Crippen LogP) is 9.56. The zero-order valence-corrected chi connectivity index (χ0v) is 19.3. The third-order valence-corrected chi connectivity index (χ3v) is 6.88. The van der Waals surface area contributed by atoms with Gasteiger partial charge in [0.25, 0.3) is 0 Å². The predicted molar refractivity (Wildman–Crippen MR) is 120 cm³/mol. The van der Waals surface area contributed by atoms with Crippen LogP contribution in [-0.2, 0) is 0 Å². The van der Waals surface area contributed by atoms with Gasteiger partial charge in [-0.3, -0.25) is 0 Å². The van der Waals surface area contributed by atoms with Crippen LogP contribution in [0.3, 0.4) is 0 Å². The minimum atomic E-state index is 0.0421. The molecule has 0 fully saturated rings. The lowest BCUT2D eigenvalue weighted by Gasteiger charge is -2.04. The van der Waals surface area contributed by atoms with Crippen molar-refractivity contribution in [2.45, 2.75) is 154 Å². The normalized spacial score (nSPS) is 11.5. The molecule has 0 atom stereocenters. The van der Waals surface area contributed by atoms with Gasteiger partial charge >= 0.3 is 0 Å². The minimum absolute atomic E-state index is 0.0421. The van der Waals surface area contributed by atoms with E-state index < -0.39 is 0 Å². The van der Waals surface area contributed by atoms with E-state index in [1.54, 1.807) is 0 Å². The topological polar surface area (TPSA) is 0 Å². The molecule has 0 unspecified atom stereocenters. The minimum Gasteiger partial charge on any atom is -0.0713 e. The van der Waals surface area contributed by atoms with Crippen LogP contribution >= 0.6 is 0 Å². The van der Waals surface area contributed by atoms with Crippen LogP contribution in [0.1, 0.15) is 135 Å². The van der Waals surface area contributed by atoms with E-state index >= 15 is 0 Å². The molecule has 0 aliphatic carbocycles. The summed E-state index contributed by atoms with van der Waals surface area (Å²) in [7, 11) is 0.0421. The van der Waals surface area contributed by atoms with Crippen LogP contribution in [0.2, 0.25) is 19.1 Å². The molecule has 0 saturated heterocycles. The summed E-state index contributed by atoms with van der Waals surface area (Å²) < 4.78 is 0. The van der Waals surface area contributed by atoms with Gasteiger partial charge in [0.1, 0.15) is 0 Å². The van der Waals surface area contributed by atoms with Crippen molar-refractivity contribution in [2.24, 2.45) is 0 Å². The standard InChI is InChI=1S/C24H51Si/c1-4-5-6-7-8-9-10-11-12-13-14-15-16-17-18-19-20-21-22-23-24-25(2)3/h4-24H2,1-3H3. The van der Waals surface area contributed by atoms with Crippen LogP contribution in [-0.4, -0.2) is 8.80 Å². The highest BCUT2D eigenvalue weighted by Gasteiger charge is 1.97. The number of unbranched alkanes of at least 4 members (excludes halogenated alkanes) is 19. The molecule has 0 nitrogen and oxygen atoms in total. The van der Waals surface area contributed by atoms with Crippen LogP contribution in [0, 0.1) is 0 Å². The second-order valence-corrected chi connectivity index (χ2v) is 11.6. The van der Waals surface area contributed by atoms with Crippen molar-refractivity contribution in [3.63, 3.8) is 0 Å². The van der Waals surface area contributed by atoms with Crippen molar-refractivity contribution in [1.29, 1.82) is 0 Å². The second-order valence-electron chi connectivity index (χ2n) is 8.67. The van der Waals surface area contributed by atoms with Crippen molar-refractivity contribution in [1.82, 2.24) is 0 Å². The van der Waals surface area contributed by atoms with Crippen molar-refractivity contribution in [2.75, 3.05) is 0 Å². The molecule has 0 spiro atoms. The first kappa shape index (κ1) is 25.2. The Bertz CT molecular complexity index is 224. The van der Waals surface area contributed by atoms with Crippen LogP contribution < -0.4 is 0 Å². The molecule has 0 bridgehead atoms. The fraction of sp³-hybridized carbons (Fsp3) is 1.00. The largest absolute Gasteiger partial charge is 0.0713 e. The Morgan fingerprint density at radius 3 is 0.840 bits per heavy atom. The van der Waals surface area contributed by atoms with E-state index in [2.05, 4.69) is 20.0 Å². The molecule has 0 saturated carbocycles. The van der Waals surface area contributed by atoms with E-state index in [1.807, 2.05) is 0 Å². The smallest absolute Gasteiger partial charge is 0.0412 e. The summed E-state index contributed by atoms with van der Waals surface area (Å²) in [6.07, 6.45) is 29.7. The molecule has 0 rings (SSSR count). The summed E-state index contributed by atoms with van der Waals surface area (Å²) in [4.78, 5) is 0. The summed E-state index contributed by atoms with van der Waals surface area (Å²) in [5, 5.41) is 0. The molecule has 0 aliphatic rings. The van der Waals surface area contributed by atoms with E-state index in [1.165, 1.54) is 134 Å². The maximum atomic E-state index is 2.44. The Hall–Kier alpha value is 0.217. The first-order valence-electron chi connectivity index (χ1n) is 12.1. The lowest BCUT2D eigenvalue weighted by molar-refractivity contribution is 0.523. The van der Waals surface area contributed by atoms with Gasteiger partial charge in [0, 0.05) is 8.80 Å². The Morgan fingerprint density at radius 1 is 0.360 bits per heavy atom. The van der Waals surface area contributed by atoms with Gasteiger partial charge in [-0.2, -0.15) is 0 Å². The third-order valence-electron chi connectivity index (χ3n) is 5.53. The number of hydrogen-bond donors (Lipinski definition) is 0. The van der Waals surface area contributed by atoms with Crippen molar-refractivity contribution in [3.8, 4) is 0 Å². The van der Waals surface area contributed by atoms with E-state index in [0.29, 0.717) is 0 Å². The fourth-order valence-corrected chi connectivity index (χ4v) is 4.69. The average Bonchev–Trinajstić information content (AvgIpc) is 2.60. The molecule has 1 radical (unpaired) electrons. The maximum Gasteiger partial charge on any atom is 0.0412 e. The molecule has 0 aromatic carbocycles. The zero-order chi connectivity index (χ0) is 18.4. The fourth-order valence-electron chi connectivity index (χ4n) is 3.73. The number of rotatable bonds is 21. The van der Waals surface area contributed by atoms with Gasteiger partial charge in [0.2, 0.25) is 0 Å². The summed E-state index contributed by atoms with van der Waals surface area (Å²) in [6, 6.07) is 1.53. The zero-order valence-electron chi connectivity index (χ0n) is 18.3. The van der Waals surface area contributed by atoms with E-state index in [-0.39, 0.29) is 8.80 Å². The molecule has 0 amide bonds. The van der Waals surface area contributed by atoms with Gasteiger partial charge in [-0.15, -0.1) is 0 Å². The van der Waals surface area contributed by atoms with Gasteiger partial charge < -0.3 is 0 Å². The maximum absolute atomic E-state index is 2.44. The third kappa shape index (κ3) is 24.2. The van der Waals surface area contributed by atoms with E-state index in [9.17, 15) is 0 Å². The van der Waals surface area contributed by atoms with Crippen LogP contribution in [0.4, 0.5) is 0 Å². The monoisotopic (exact) mass is 367 g/mol. The molecule has 0 heterocycles. The highest BCUT2D eigenvalue weighted by Crippen LogP contribution is 2.15. The molecule has 0 aromatic heterocycles. The van der Waals surface area contributed by atoms with Crippen molar-refractivity contribution in [3.05, 3.63) is 0 Å². The summed E-state index contributed by atoms with van der Waals surface area (Å²) in [5.74, 6) is 0. The Morgan fingerprint density at radius 2 is 0.600 bits per heavy atom. The molecule has 151 valence electrons. The molecule has 25 heavy (non-hydrogen) atoms. The first-order valence-corrected chi connectivity index (χ1v) is 14.8. The highest BCUT2D eigenvalue weighted by molar-refractivity contribution is 6.55. The van der Waals surface area contributed by atoms with E-state index in [4.69, 9.17) is 0 Å². The van der Waals surface area contributed by atoms with Crippen LogP contribution in [0.15, 0.2) is 0 Å². The average molecular weight is 368 g/mol. The van der Waals surface area contributed by atoms with Gasteiger partial charge in [-0.1, -0.05) is 154 Å². The summed E-state index contributed by atoms with van der Waals surface area (Å²) >= 11 is 0.